The first-order valence-electron chi connectivity index (χ1n) is 8.46. The third-order valence-electron chi connectivity index (χ3n) is 4.50. The molecule has 0 spiro atoms. The fraction of sp³-hybridized carbons (Fsp3) is 0.389. The Balaban J connectivity index is 0.00000243. The van der Waals surface area contributed by atoms with Crippen LogP contribution in [0.15, 0.2) is 42.7 Å². The smallest absolute Gasteiger partial charge is 0.248 e. The highest BCUT2D eigenvalue weighted by molar-refractivity contribution is 5.88. The van der Waals surface area contributed by atoms with Crippen molar-refractivity contribution in [3.05, 3.63) is 48.3 Å². The molecule has 1 saturated heterocycles. The van der Waals surface area contributed by atoms with Gasteiger partial charge in [-0.15, -0.1) is 12.4 Å². The quantitative estimate of drug-likeness (QED) is 0.739. The van der Waals surface area contributed by atoms with Crippen molar-refractivity contribution in [2.75, 3.05) is 18.4 Å². The second-order valence-electron chi connectivity index (χ2n) is 6.30. The van der Waals surface area contributed by atoms with Crippen LogP contribution in [0.3, 0.4) is 0 Å². The van der Waals surface area contributed by atoms with Gasteiger partial charge in [0.2, 0.25) is 11.8 Å². The average Bonchev–Trinajstić information content (AvgIpc) is 3.15. The van der Waals surface area contributed by atoms with Crippen LogP contribution in [-0.2, 0) is 21.7 Å². The van der Waals surface area contributed by atoms with Gasteiger partial charge in [0.05, 0.1) is 0 Å². The topological polar surface area (TPSA) is 88.1 Å². The molecule has 0 aliphatic carbocycles. The molecule has 8 heteroatoms. The van der Waals surface area contributed by atoms with Gasteiger partial charge < -0.3 is 16.0 Å². The van der Waals surface area contributed by atoms with Crippen molar-refractivity contribution < 1.29 is 9.59 Å². The zero-order valence-electron chi connectivity index (χ0n) is 14.7. The van der Waals surface area contributed by atoms with Crippen molar-refractivity contribution in [1.29, 1.82) is 0 Å². The molecular weight excluding hydrogens is 354 g/mol. The van der Waals surface area contributed by atoms with Crippen LogP contribution in [0.1, 0.15) is 25.3 Å². The maximum absolute atomic E-state index is 13.0. The molecule has 0 radical (unpaired) electrons. The molecule has 0 saturated carbocycles. The third-order valence-corrected chi connectivity index (χ3v) is 4.50. The number of hydrogen-bond acceptors (Lipinski definition) is 4. The van der Waals surface area contributed by atoms with E-state index < -0.39 is 5.54 Å². The summed E-state index contributed by atoms with van der Waals surface area (Å²) in [5, 5.41) is 13.4. The number of hydrogen-bond donors (Lipinski definition) is 3. The van der Waals surface area contributed by atoms with Gasteiger partial charge in [0.1, 0.15) is 5.54 Å². The first-order valence-corrected chi connectivity index (χ1v) is 8.46. The Morgan fingerprint density at radius 3 is 2.69 bits per heavy atom. The molecule has 26 heavy (non-hydrogen) atoms. The van der Waals surface area contributed by atoms with E-state index in [2.05, 4.69) is 21.0 Å². The highest BCUT2D eigenvalue weighted by Crippen LogP contribution is 2.27. The van der Waals surface area contributed by atoms with Crippen molar-refractivity contribution in [3.8, 4) is 0 Å². The molecule has 140 valence electrons. The second-order valence-corrected chi connectivity index (χ2v) is 6.30. The van der Waals surface area contributed by atoms with Crippen molar-refractivity contribution in [2.24, 2.45) is 0 Å². The fourth-order valence-electron chi connectivity index (χ4n) is 3.23. The molecule has 3 rings (SSSR count). The Morgan fingerprint density at radius 1 is 1.27 bits per heavy atom. The fourth-order valence-corrected chi connectivity index (χ4v) is 3.23. The van der Waals surface area contributed by atoms with Crippen LogP contribution in [0.4, 0.5) is 5.69 Å². The van der Waals surface area contributed by atoms with Crippen molar-refractivity contribution >= 4 is 29.9 Å². The van der Waals surface area contributed by atoms with E-state index in [4.69, 9.17) is 0 Å². The van der Waals surface area contributed by atoms with Gasteiger partial charge in [-0.1, -0.05) is 12.1 Å². The summed E-state index contributed by atoms with van der Waals surface area (Å²) in [4.78, 5) is 24.2. The summed E-state index contributed by atoms with van der Waals surface area (Å²) in [7, 11) is 0. The first-order chi connectivity index (χ1) is 12.1. The molecule has 1 aromatic heterocycles. The normalized spacial score (nSPS) is 15.6. The van der Waals surface area contributed by atoms with E-state index in [1.54, 1.807) is 10.9 Å². The summed E-state index contributed by atoms with van der Waals surface area (Å²) >= 11 is 0. The first kappa shape index (κ1) is 19.9. The lowest BCUT2D eigenvalue weighted by molar-refractivity contribution is -0.132. The molecule has 7 nitrogen and oxygen atoms in total. The van der Waals surface area contributed by atoms with Crippen molar-refractivity contribution in [1.82, 2.24) is 20.4 Å². The van der Waals surface area contributed by atoms with Gasteiger partial charge in [0, 0.05) is 31.5 Å². The van der Waals surface area contributed by atoms with Crippen LogP contribution in [0.2, 0.25) is 0 Å². The molecule has 0 bridgehead atoms. The number of nitrogens with zero attached hydrogens (tertiary/aromatic N) is 2. The number of nitrogens with one attached hydrogen (secondary N) is 3. The van der Waals surface area contributed by atoms with E-state index in [0.29, 0.717) is 19.4 Å². The number of rotatable bonds is 5. The van der Waals surface area contributed by atoms with Crippen LogP contribution >= 0.6 is 12.4 Å². The Bertz CT molecular complexity index is 742. The lowest BCUT2D eigenvalue weighted by Crippen LogP contribution is -2.54. The average molecular weight is 378 g/mol. The zero-order chi connectivity index (χ0) is 17.7. The Labute approximate surface area is 159 Å². The van der Waals surface area contributed by atoms with Crippen LogP contribution in [0.5, 0.6) is 0 Å². The van der Waals surface area contributed by atoms with Gasteiger partial charge >= 0.3 is 0 Å². The number of halogens is 1. The van der Waals surface area contributed by atoms with Crippen LogP contribution in [0, 0.1) is 0 Å². The number of piperidine rings is 1. The molecule has 1 aliphatic heterocycles. The lowest BCUT2D eigenvalue weighted by atomic mass is 9.87. The maximum atomic E-state index is 13.0. The molecular formula is C18H24ClN5O2. The SMILES string of the molecule is CC(=O)Nc1cccc(CNC(=O)C2(n3cccn3)CCNCC2)c1.Cl. The van der Waals surface area contributed by atoms with Crippen molar-refractivity contribution in [3.63, 3.8) is 0 Å². The summed E-state index contributed by atoms with van der Waals surface area (Å²) in [6.07, 6.45) is 4.95. The van der Waals surface area contributed by atoms with Crippen LogP contribution < -0.4 is 16.0 Å². The molecule has 1 aromatic carbocycles. The van der Waals surface area contributed by atoms with E-state index in [-0.39, 0.29) is 24.2 Å². The van der Waals surface area contributed by atoms with Gasteiger partial charge in [-0.3, -0.25) is 14.3 Å². The van der Waals surface area contributed by atoms with Gasteiger partial charge in [-0.05, 0) is 49.7 Å². The van der Waals surface area contributed by atoms with E-state index >= 15 is 0 Å². The Morgan fingerprint density at radius 2 is 2.04 bits per heavy atom. The molecule has 2 heterocycles. The number of amides is 2. The maximum Gasteiger partial charge on any atom is 0.248 e. The summed E-state index contributed by atoms with van der Waals surface area (Å²) in [5.74, 6) is -0.142. The standard InChI is InChI=1S/C18H23N5O2.ClH/c1-14(24)22-16-5-2-4-15(12-16)13-20-17(25)18(6-9-19-10-7-18)23-11-3-8-21-23;/h2-5,8,11-12,19H,6-7,9-10,13H2,1H3,(H,20,25)(H,22,24);1H. The molecule has 0 unspecified atom stereocenters. The highest BCUT2D eigenvalue weighted by Gasteiger charge is 2.41. The monoisotopic (exact) mass is 377 g/mol. The lowest BCUT2D eigenvalue weighted by Gasteiger charge is -2.36. The summed E-state index contributed by atoms with van der Waals surface area (Å²) in [6.45, 7) is 3.44. The molecule has 1 fully saturated rings. The third kappa shape index (κ3) is 4.42. The molecule has 0 atom stereocenters. The molecule has 2 aromatic rings. The minimum atomic E-state index is -0.649. The minimum absolute atomic E-state index is 0. The number of anilines is 1. The van der Waals surface area contributed by atoms with E-state index in [1.807, 2.05) is 36.5 Å². The van der Waals surface area contributed by atoms with Crippen molar-refractivity contribution in [2.45, 2.75) is 31.8 Å². The number of carbonyl (C=O) groups is 2. The molecule has 1 aliphatic rings. The van der Waals surface area contributed by atoms with E-state index in [9.17, 15) is 9.59 Å². The molecule has 2 amide bonds. The summed E-state index contributed by atoms with van der Waals surface area (Å²) in [5.41, 5.74) is 1.01. The Kier molecular flexibility index (Phi) is 6.76. The number of benzene rings is 1. The number of aromatic nitrogens is 2. The largest absolute Gasteiger partial charge is 0.350 e. The van der Waals surface area contributed by atoms with Gasteiger partial charge in [-0.25, -0.2) is 0 Å². The predicted octanol–water partition coefficient (Wildman–Crippen LogP) is 1.66. The summed E-state index contributed by atoms with van der Waals surface area (Å²) < 4.78 is 1.77. The number of carbonyl (C=O) groups excluding carboxylic acids is 2. The van der Waals surface area contributed by atoms with E-state index in [0.717, 1.165) is 24.3 Å². The predicted molar refractivity (Wildman–Crippen MR) is 102 cm³/mol. The van der Waals surface area contributed by atoms with Gasteiger partial charge in [-0.2, -0.15) is 5.10 Å². The van der Waals surface area contributed by atoms with Gasteiger partial charge in [0.15, 0.2) is 0 Å². The summed E-state index contributed by atoms with van der Waals surface area (Å²) in [6, 6.07) is 9.32. The Hall–Kier alpha value is -2.38. The zero-order valence-corrected chi connectivity index (χ0v) is 15.5. The van der Waals surface area contributed by atoms with E-state index in [1.165, 1.54) is 6.92 Å². The molecule has 3 N–H and O–H groups in total. The van der Waals surface area contributed by atoms with Crippen LogP contribution in [-0.4, -0.2) is 34.7 Å². The minimum Gasteiger partial charge on any atom is -0.350 e. The second kappa shape index (κ2) is 8.82. The van der Waals surface area contributed by atoms with Gasteiger partial charge in [0.25, 0.3) is 0 Å². The highest BCUT2D eigenvalue weighted by atomic mass is 35.5. The van der Waals surface area contributed by atoms with Crippen LogP contribution in [0.25, 0.3) is 0 Å².